The summed E-state index contributed by atoms with van der Waals surface area (Å²) in [5.41, 5.74) is 7.21. The van der Waals surface area contributed by atoms with Crippen LogP contribution >= 0.6 is 0 Å². The van der Waals surface area contributed by atoms with Gasteiger partial charge in [-0.25, -0.2) is 0 Å². The number of amides is 1. The summed E-state index contributed by atoms with van der Waals surface area (Å²) < 4.78 is 0. The van der Waals surface area contributed by atoms with Gasteiger partial charge in [0.25, 0.3) is 0 Å². The van der Waals surface area contributed by atoms with Crippen LogP contribution in [0.4, 0.5) is 5.69 Å². The fourth-order valence-corrected chi connectivity index (χ4v) is 2.76. The van der Waals surface area contributed by atoms with Crippen LogP contribution in [0.1, 0.15) is 24.5 Å². The zero-order chi connectivity index (χ0) is 14.7. The molecule has 0 spiro atoms. The molecule has 1 heterocycles. The highest BCUT2D eigenvalue weighted by Gasteiger charge is 2.33. The number of carbonyl (C=O) groups is 1. The molecule has 5 heteroatoms. The van der Waals surface area contributed by atoms with E-state index in [-0.39, 0.29) is 11.9 Å². The average Bonchev–Trinajstić information content (AvgIpc) is 2.86. The van der Waals surface area contributed by atoms with Gasteiger partial charge < -0.3 is 15.7 Å². The number of benzene rings is 1. The summed E-state index contributed by atoms with van der Waals surface area (Å²) in [6.45, 7) is 1.28. The monoisotopic (exact) mass is 277 g/mol. The lowest BCUT2D eigenvalue weighted by Gasteiger charge is -2.28. The highest BCUT2D eigenvalue weighted by molar-refractivity contribution is 5.81. The molecule has 110 valence electrons. The zero-order valence-corrected chi connectivity index (χ0v) is 12.1. The Morgan fingerprint density at radius 3 is 2.85 bits per heavy atom. The number of para-hydroxylation sites is 1. The Morgan fingerprint density at radius 2 is 2.20 bits per heavy atom. The molecule has 3 N–H and O–H groups in total. The van der Waals surface area contributed by atoms with E-state index in [0.29, 0.717) is 12.2 Å². The van der Waals surface area contributed by atoms with Gasteiger partial charge in [-0.2, -0.15) is 0 Å². The van der Waals surface area contributed by atoms with E-state index in [0.717, 1.165) is 24.9 Å². The SMILES string of the molecule is CN(C)C(=O)C1CCCN1CC(O)c1ccccc1N. The van der Waals surface area contributed by atoms with Crippen LogP contribution in [0.5, 0.6) is 0 Å². The minimum Gasteiger partial charge on any atom is -0.398 e. The van der Waals surface area contributed by atoms with Crippen LogP contribution in [-0.4, -0.2) is 54.0 Å². The van der Waals surface area contributed by atoms with E-state index in [4.69, 9.17) is 5.73 Å². The molecular weight excluding hydrogens is 254 g/mol. The number of nitrogens with two attached hydrogens (primary N) is 1. The first kappa shape index (κ1) is 14.8. The van der Waals surface area contributed by atoms with Crippen molar-refractivity contribution < 1.29 is 9.90 Å². The molecule has 0 saturated carbocycles. The maximum Gasteiger partial charge on any atom is 0.239 e. The lowest BCUT2D eigenvalue weighted by atomic mass is 10.1. The van der Waals surface area contributed by atoms with Crippen molar-refractivity contribution in [2.45, 2.75) is 25.0 Å². The van der Waals surface area contributed by atoms with Crippen molar-refractivity contribution in [2.75, 3.05) is 32.9 Å². The smallest absolute Gasteiger partial charge is 0.239 e. The first-order chi connectivity index (χ1) is 9.50. The summed E-state index contributed by atoms with van der Waals surface area (Å²) in [6, 6.07) is 7.20. The Kier molecular flexibility index (Phi) is 4.62. The number of aliphatic hydroxyl groups is 1. The number of carbonyl (C=O) groups excluding carboxylic acids is 1. The van der Waals surface area contributed by atoms with E-state index in [1.54, 1.807) is 25.1 Å². The van der Waals surface area contributed by atoms with E-state index in [2.05, 4.69) is 4.90 Å². The predicted molar refractivity (Wildman–Crippen MR) is 79.1 cm³/mol. The van der Waals surface area contributed by atoms with Crippen molar-refractivity contribution in [3.63, 3.8) is 0 Å². The molecule has 0 aromatic heterocycles. The van der Waals surface area contributed by atoms with Crippen LogP contribution in [0.2, 0.25) is 0 Å². The Balaban J connectivity index is 2.05. The van der Waals surface area contributed by atoms with Crippen LogP contribution < -0.4 is 5.73 Å². The van der Waals surface area contributed by atoms with Gasteiger partial charge in [0.2, 0.25) is 5.91 Å². The van der Waals surface area contributed by atoms with Gasteiger partial charge in [0, 0.05) is 31.9 Å². The first-order valence-electron chi connectivity index (χ1n) is 6.98. The molecule has 2 rings (SSSR count). The van der Waals surface area contributed by atoms with Gasteiger partial charge in [-0.1, -0.05) is 18.2 Å². The maximum absolute atomic E-state index is 12.1. The third-order valence-electron chi connectivity index (χ3n) is 3.85. The van der Waals surface area contributed by atoms with Gasteiger partial charge in [-0.05, 0) is 25.5 Å². The normalized spacial score (nSPS) is 20.9. The molecule has 1 aliphatic heterocycles. The van der Waals surface area contributed by atoms with Crippen molar-refractivity contribution >= 4 is 11.6 Å². The molecule has 1 aromatic rings. The van der Waals surface area contributed by atoms with Crippen molar-refractivity contribution in [1.29, 1.82) is 0 Å². The molecule has 1 saturated heterocycles. The van der Waals surface area contributed by atoms with Gasteiger partial charge >= 0.3 is 0 Å². The molecule has 20 heavy (non-hydrogen) atoms. The number of hydrogen-bond donors (Lipinski definition) is 2. The van der Waals surface area contributed by atoms with Gasteiger partial charge in [-0.15, -0.1) is 0 Å². The quantitative estimate of drug-likeness (QED) is 0.801. The second-order valence-electron chi connectivity index (χ2n) is 5.53. The number of likely N-dealkylation sites (N-methyl/N-ethyl adjacent to an activating group) is 1. The Hall–Kier alpha value is -1.59. The molecule has 0 aliphatic carbocycles. The molecule has 1 amide bonds. The summed E-state index contributed by atoms with van der Waals surface area (Å²) in [7, 11) is 3.54. The molecule has 1 fully saturated rings. The first-order valence-corrected chi connectivity index (χ1v) is 6.98. The molecule has 0 radical (unpaired) electrons. The van der Waals surface area contributed by atoms with Gasteiger partial charge in [0.15, 0.2) is 0 Å². The van der Waals surface area contributed by atoms with Gasteiger partial charge in [-0.3, -0.25) is 9.69 Å². The van der Waals surface area contributed by atoms with Gasteiger partial charge in [0.1, 0.15) is 0 Å². The van der Waals surface area contributed by atoms with Crippen molar-refractivity contribution in [2.24, 2.45) is 0 Å². The minimum atomic E-state index is -0.660. The summed E-state index contributed by atoms with van der Waals surface area (Å²) in [6.07, 6.45) is 1.18. The van der Waals surface area contributed by atoms with Crippen molar-refractivity contribution in [1.82, 2.24) is 9.80 Å². The summed E-state index contributed by atoms with van der Waals surface area (Å²) in [5.74, 6) is 0.107. The maximum atomic E-state index is 12.1. The van der Waals surface area contributed by atoms with E-state index < -0.39 is 6.10 Å². The Morgan fingerprint density at radius 1 is 1.50 bits per heavy atom. The number of anilines is 1. The minimum absolute atomic E-state index is 0.107. The second-order valence-corrected chi connectivity index (χ2v) is 5.53. The summed E-state index contributed by atoms with van der Waals surface area (Å²) in [4.78, 5) is 15.8. The Bertz CT molecular complexity index is 476. The highest BCUT2D eigenvalue weighted by atomic mass is 16.3. The molecule has 2 unspecified atom stereocenters. The predicted octanol–water partition coefficient (Wildman–Crippen LogP) is 0.855. The lowest BCUT2D eigenvalue weighted by molar-refractivity contribution is -0.133. The summed E-state index contributed by atoms with van der Waals surface area (Å²) >= 11 is 0. The fourth-order valence-electron chi connectivity index (χ4n) is 2.76. The number of likely N-dealkylation sites (tertiary alicyclic amines) is 1. The van der Waals surface area contributed by atoms with Crippen molar-refractivity contribution in [3.8, 4) is 0 Å². The van der Waals surface area contributed by atoms with Gasteiger partial charge in [0.05, 0.1) is 12.1 Å². The number of β-amino-alcohol motifs (C(OH)–C–C–N with tert-alkyl or cyclic N) is 1. The number of hydrogen-bond acceptors (Lipinski definition) is 4. The Labute approximate surface area is 120 Å². The average molecular weight is 277 g/mol. The van der Waals surface area contributed by atoms with Crippen LogP contribution in [0.25, 0.3) is 0 Å². The van der Waals surface area contributed by atoms with Crippen molar-refractivity contribution in [3.05, 3.63) is 29.8 Å². The van der Waals surface area contributed by atoms with Crippen LogP contribution in [0.15, 0.2) is 24.3 Å². The standard InChI is InChI=1S/C15H23N3O2/c1-17(2)15(20)13-8-5-9-18(13)10-14(19)11-6-3-4-7-12(11)16/h3-4,6-7,13-14,19H,5,8-10,16H2,1-2H3. The largest absolute Gasteiger partial charge is 0.398 e. The van der Waals surface area contributed by atoms with E-state index >= 15 is 0 Å². The number of nitrogen functional groups attached to an aromatic ring is 1. The molecule has 1 aliphatic rings. The van der Waals surface area contributed by atoms with E-state index in [1.807, 2.05) is 18.2 Å². The number of rotatable bonds is 4. The molecule has 5 nitrogen and oxygen atoms in total. The zero-order valence-electron chi connectivity index (χ0n) is 12.1. The number of nitrogens with zero attached hydrogens (tertiary/aromatic N) is 2. The fraction of sp³-hybridized carbons (Fsp3) is 0.533. The van der Waals surface area contributed by atoms with E-state index in [1.165, 1.54) is 0 Å². The van der Waals surface area contributed by atoms with Crippen LogP contribution in [-0.2, 0) is 4.79 Å². The lowest BCUT2D eigenvalue weighted by Crippen LogP contribution is -2.44. The summed E-state index contributed by atoms with van der Waals surface area (Å²) in [5, 5.41) is 10.4. The topological polar surface area (TPSA) is 69.8 Å². The highest BCUT2D eigenvalue weighted by Crippen LogP contribution is 2.25. The molecule has 0 bridgehead atoms. The third kappa shape index (κ3) is 3.11. The van der Waals surface area contributed by atoms with E-state index in [9.17, 15) is 9.90 Å². The number of aliphatic hydroxyl groups excluding tert-OH is 1. The third-order valence-corrected chi connectivity index (χ3v) is 3.85. The molecule has 2 atom stereocenters. The second kappa shape index (κ2) is 6.24. The molecule has 1 aromatic carbocycles. The molecular formula is C15H23N3O2. The van der Waals surface area contributed by atoms with Crippen LogP contribution in [0.3, 0.4) is 0 Å². The van der Waals surface area contributed by atoms with Crippen LogP contribution in [0, 0.1) is 0 Å².